The van der Waals surface area contributed by atoms with E-state index in [0.29, 0.717) is 12.3 Å². The monoisotopic (exact) mass is 298 g/mol. The van der Waals surface area contributed by atoms with Gasteiger partial charge in [-0.25, -0.2) is 13.1 Å². The second-order valence-electron chi connectivity index (χ2n) is 5.42. The first-order valence-electron chi connectivity index (χ1n) is 6.82. The van der Waals surface area contributed by atoms with Crippen molar-refractivity contribution in [1.82, 2.24) is 4.72 Å². The highest BCUT2D eigenvalue weighted by Gasteiger charge is 2.28. The molecule has 1 aromatic rings. The van der Waals surface area contributed by atoms with Gasteiger partial charge in [0.2, 0.25) is 10.0 Å². The molecular formula is C14H22N2O3S. The van der Waals surface area contributed by atoms with Gasteiger partial charge in [0, 0.05) is 18.3 Å². The van der Waals surface area contributed by atoms with Crippen molar-refractivity contribution in [3.8, 4) is 0 Å². The summed E-state index contributed by atoms with van der Waals surface area (Å²) in [5.74, 6) is 0. The number of nitrogen functional groups attached to an aromatic ring is 1. The Morgan fingerprint density at radius 2 is 2.10 bits per heavy atom. The molecule has 1 aliphatic heterocycles. The fraction of sp³-hybridized carbons (Fsp3) is 0.571. The smallest absolute Gasteiger partial charge is 0.241 e. The topological polar surface area (TPSA) is 81.4 Å². The normalized spacial score (nSPS) is 21.1. The maximum absolute atomic E-state index is 12.5. The SMILES string of the molecule is Cc1cc(N)cc(S(=O)(=O)NC(C)C2CCCO2)c1C. The number of rotatable bonds is 4. The number of nitrogens with one attached hydrogen (secondary N) is 1. The molecule has 6 heteroatoms. The Bertz CT molecular complexity index is 593. The Hall–Kier alpha value is -1.11. The Morgan fingerprint density at radius 3 is 2.70 bits per heavy atom. The molecule has 0 spiro atoms. The van der Waals surface area contributed by atoms with Gasteiger partial charge in [-0.3, -0.25) is 0 Å². The lowest BCUT2D eigenvalue weighted by molar-refractivity contribution is 0.0902. The highest BCUT2D eigenvalue weighted by Crippen LogP contribution is 2.23. The molecule has 0 saturated carbocycles. The fourth-order valence-electron chi connectivity index (χ4n) is 2.51. The lowest BCUT2D eigenvalue weighted by Gasteiger charge is -2.21. The van der Waals surface area contributed by atoms with Crippen molar-refractivity contribution in [1.29, 1.82) is 0 Å². The summed E-state index contributed by atoms with van der Waals surface area (Å²) in [6, 6.07) is 3.04. The number of hydrogen-bond acceptors (Lipinski definition) is 4. The van der Waals surface area contributed by atoms with Crippen LogP contribution < -0.4 is 10.5 Å². The van der Waals surface area contributed by atoms with E-state index >= 15 is 0 Å². The maximum Gasteiger partial charge on any atom is 0.241 e. The van der Waals surface area contributed by atoms with Crippen LogP contribution in [0.15, 0.2) is 17.0 Å². The highest BCUT2D eigenvalue weighted by atomic mass is 32.2. The number of hydrogen-bond donors (Lipinski definition) is 2. The van der Waals surface area contributed by atoms with E-state index in [4.69, 9.17) is 10.5 Å². The van der Waals surface area contributed by atoms with E-state index in [1.807, 2.05) is 13.8 Å². The molecule has 0 aromatic heterocycles. The largest absolute Gasteiger partial charge is 0.399 e. The van der Waals surface area contributed by atoms with Gasteiger partial charge in [-0.2, -0.15) is 0 Å². The van der Waals surface area contributed by atoms with Crippen LogP contribution in [0.25, 0.3) is 0 Å². The summed E-state index contributed by atoms with van der Waals surface area (Å²) in [6.45, 7) is 6.18. The van der Waals surface area contributed by atoms with Crippen LogP contribution >= 0.6 is 0 Å². The second kappa shape index (κ2) is 5.71. The van der Waals surface area contributed by atoms with Gasteiger partial charge in [0.1, 0.15) is 0 Å². The summed E-state index contributed by atoms with van der Waals surface area (Å²) in [6.07, 6.45) is 1.82. The molecule has 1 saturated heterocycles. The molecule has 1 aromatic carbocycles. The molecule has 0 radical (unpaired) electrons. The Kier molecular flexibility index (Phi) is 4.36. The van der Waals surface area contributed by atoms with Gasteiger partial charge < -0.3 is 10.5 Å². The van der Waals surface area contributed by atoms with Crippen LogP contribution in [0.3, 0.4) is 0 Å². The molecule has 0 amide bonds. The Labute approximate surface area is 120 Å². The van der Waals surface area contributed by atoms with Crippen LogP contribution in [0.1, 0.15) is 30.9 Å². The first-order chi connectivity index (χ1) is 9.31. The van der Waals surface area contributed by atoms with Crippen molar-refractivity contribution in [2.45, 2.75) is 50.7 Å². The molecule has 20 heavy (non-hydrogen) atoms. The number of aryl methyl sites for hydroxylation is 1. The summed E-state index contributed by atoms with van der Waals surface area (Å²) in [7, 11) is -3.58. The summed E-state index contributed by atoms with van der Waals surface area (Å²) in [5, 5.41) is 0. The van der Waals surface area contributed by atoms with Crippen molar-refractivity contribution in [2.24, 2.45) is 0 Å². The van der Waals surface area contributed by atoms with Gasteiger partial charge in [-0.15, -0.1) is 0 Å². The van der Waals surface area contributed by atoms with Crippen LogP contribution in [-0.2, 0) is 14.8 Å². The minimum atomic E-state index is -3.58. The number of ether oxygens (including phenoxy) is 1. The van der Waals surface area contributed by atoms with E-state index in [9.17, 15) is 8.42 Å². The van der Waals surface area contributed by atoms with Crippen LogP contribution in [-0.4, -0.2) is 27.2 Å². The lowest BCUT2D eigenvalue weighted by Crippen LogP contribution is -2.41. The molecule has 1 heterocycles. The highest BCUT2D eigenvalue weighted by molar-refractivity contribution is 7.89. The van der Waals surface area contributed by atoms with Gasteiger partial charge in [-0.05, 0) is 56.9 Å². The van der Waals surface area contributed by atoms with E-state index in [-0.39, 0.29) is 17.0 Å². The second-order valence-corrected chi connectivity index (χ2v) is 7.10. The first kappa shape index (κ1) is 15.3. The van der Waals surface area contributed by atoms with Crippen molar-refractivity contribution < 1.29 is 13.2 Å². The summed E-state index contributed by atoms with van der Waals surface area (Å²) in [4.78, 5) is 0.250. The van der Waals surface area contributed by atoms with E-state index in [1.165, 1.54) is 6.07 Å². The molecule has 1 aliphatic rings. The number of anilines is 1. The zero-order valence-electron chi connectivity index (χ0n) is 12.1. The molecule has 2 atom stereocenters. The van der Waals surface area contributed by atoms with E-state index < -0.39 is 10.0 Å². The maximum atomic E-state index is 12.5. The third-order valence-electron chi connectivity index (χ3n) is 3.80. The Balaban J connectivity index is 2.26. The minimum absolute atomic E-state index is 0.0489. The summed E-state index contributed by atoms with van der Waals surface area (Å²) >= 11 is 0. The van der Waals surface area contributed by atoms with E-state index in [2.05, 4.69) is 4.72 Å². The van der Waals surface area contributed by atoms with Crippen molar-refractivity contribution in [3.05, 3.63) is 23.3 Å². The fourth-order valence-corrected chi connectivity index (χ4v) is 4.14. The average molecular weight is 298 g/mol. The summed E-state index contributed by atoms with van der Waals surface area (Å²) in [5.41, 5.74) is 7.82. The van der Waals surface area contributed by atoms with Crippen molar-refractivity contribution in [3.63, 3.8) is 0 Å². The third kappa shape index (κ3) is 3.13. The molecular weight excluding hydrogens is 276 g/mol. The standard InChI is InChI=1S/C14H22N2O3S/c1-9-7-12(15)8-14(10(9)2)20(17,18)16-11(3)13-5-4-6-19-13/h7-8,11,13,16H,4-6,15H2,1-3H3. The predicted octanol–water partition coefficient (Wildman–Crippen LogP) is 1.73. The molecule has 2 rings (SSSR count). The molecule has 1 fully saturated rings. The van der Waals surface area contributed by atoms with Gasteiger partial charge in [0.15, 0.2) is 0 Å². The third-order valence-corrected chi connectivity index (χ3v) is 5.48. The average Bonchev–Trinajstić information content (AvgIpc) is 2.86. The van der Waals surface area contributed by atoms with Crippen LogP contribution in [0, 0.1) is 13.8 Å². The van der Waals surface area contributed by atoms with Crippen LogP contribution in [0.2, 0.25) is 0 Å². The van der Waals surface area contributed by atoms with Gasteiger partial charge in [0.25, 0.3) is 0 Å². The van der Waals surface area contributed by atoms with Crippen molar-refractivity contribution in [2.75, 3.05) is 12.3 Å². The quantitative estimate of drug-likeness (QED) is 0.830. The van der Waals surface area contributed by atoms with Gasteiger partial charge in [0.05, 0.1) is 11.0 Å². The molecule has 0 aliphatic carbocycles. The summed E-state index contributed by atoms with van der Waals surface area (Å²) < 4.78 is 33.2. The predicted molar refractivity (Wildman–Crippen MR) is 79.1 cm³/mol. The van der Waals surface area contributed by atoms with Crippen molar-refractivity contribution >= 4 is 15.7 Å². The molecule has 3 N–H and O–H groups in total. The Morgan fingerprint density at radius 1 is 1.40 bits per heavy atom. The first-order valence-corrected chi connectivity index (χ1v) is 8.30. The minimum Gasteiger partial charge on any atom is -0.399 e. The van der Waals surface area contributed by atoms with E-state index in [1.54, 1.807) is 13.0 Å². The number of sulfonamides is 1. The van der Waals surface area contributed by atoms with Gasteiger partial charge >= 0.3 is 0 Å². The molecule has 0 bridgehead atoms. The number of nitrogens with two attached hydrogens (primary N) is 1. The van der Waals surface area contributed by atoms with Gasteiger partial charge in [-0.1, -0.05) is 0 Å². The zero-order valence-corrected chi connectivity index (χ0v) is 13.0. The van der Waals surface area contributed by atoms with E-state index in [0.717, 1.165) is 24.0 Å². The molecule has 5 nitrogen and oxygen atoms in total. The lowest BCUT2D eigenvalue weighted by atomic mass is 10.1. The van der Waals surface area contributed by atoms with Crippen LogP contribution in [0.4, 0.5) is 5.69 Å². The zero-order chi connectivity index (χ0) is 14.9. The number of benzene rings is 1. The molecule has 2 unspecified atom stereocenters. The molecule has 112 valence electrons. The van der Waals surface area contributed by atoms with Crippen LogP contribution in [0.5, 0.6) is 0 Å².